The fourth-order valence-electron chi connectivity index (χ4n) is 1.97. The van der Waals surface area contributed by atoms with E-state index in [0.29, 0.717) is 16.8 Å². The van der Waals surface area contributed by atoms with Gasteiger partial charge in [-0.25, -0.2) is 4.57 Å². The minimum absolute atomic E-state index is 0.0397. The van der Waals surface area contributed by atoms with Crippen molar-refractivity contribution in [1.29, 1.82) is 5.26 Å². The van der Waals surface area contributed by atoms with Gasteiger partial charge in [-0.1, -0.05) is 12.1 Å². The van der Waals surface area contributed by atoms with E-state index < -0.39 is 11.4 Å². The number of benzene rings is 1. The summed E-state index contributed by atoms with van der Waals surface area (Å²) in [6.45, 7) is 2.99. The highest BCUT2D eigenvalue weighted by Gasteiger charge is 2.14. The third kappa shape index (κ3) is 2.19. The molecule has 1 aromatic carbocycles. The van der Waals surface area contributed by atoms with Crippen LogP contribution in [0.3, 0.4) is 0 Å². The predicted molar refractivity (Wildman–Crippen MR) is 73.2 cm³/mol. The van der Waals surface area contributed by atoms with E-state index in [1.54, 1.807) is 25.1 Å². The summed E-state index contributed by atoms with van der Waals surface area (Å²) in [7, 11) is 0. The Bertz CT molecular complexity index is 798. The Labute approximate surface area is 115 Å². The normalized spacial score (nSPS) is 10.1. The maximum atomic E-state index is 12.0. The number of aryl methyl sites for hydroxylation is 1. The van der Waals surface area contributed by atoms with Crippen molar-refractivity contribution >= 4 is 5.78 Å². The van der Waals surface area contributed by atoms with Crippen molar-refractivity contribution in [3.05, 3.63) is 57.4 Å². The summed E-state index contributed by atoms with van der Waals surface area (Å²) < 4.78 is 1.01. The van der Waals surface area contributed by atoms with Crippen molar-refractivity contribution in [3.63, 3.8) is 0 Å². The molecule has 5 nitrogen and oxygen atoms in total. The van der Waals surface area contributed by atoms with Crippen LogP contribution in [-0.2, 0) is 0 Å². The maximum Gasteiger partial charge on any atom is 0.258 e. The molecule has 1 aromatic heterocycles. The third-order valence-electron chi connectivity index (χ3n) is 3.01. The number of hydrogen-bond donors (Lipinski definition) is 1. The third-order valence-corrected chi connectivity index (χ3v) is 3.01. The molecule has 5 heteroatoms. The van der Waals surface area contributed by atoms with Gasteiger partial charge in [0.15, 0.2) is 5.78 Å². The first-order valence-electron chi connectivity index (χ1n) is 5.92. The van der Waals surface area contributed by atoms with Gasteiger partial charge in [0.2, 0.25) is 5.88 Å². The van der Waals surface area contributed by atoms with E-state index in [4.69, 9.17) is 5.26 Å². The van der Waals surface area contributed by atoms with E-state index in [0.717, 1.165) is 4.57 Å². The number of nitrogens with zero attached hydrogens (tertiary/aromatic N) is 2. The summed E-state index contributed by atoms with van der Waals surface area (Å²) in [5.41, 5.74) is 0.760. The predicted octanol–water partition coefficient (Wildman–Crippen LogP) is 1.93. The lowest BCUT2D eigenvalue weighted by molar-refractivity contribution is 0.101. The van der Waals surface area contributed by atoms with Gasteiger partial charge in [-0.05, 0) is 31.5 Å². The number of rotatable bonds is 2. The van der Waals surface area contributed by atoms with E-state index in [2.05, 4.69) is 0 Å². The zero-order chi connectivity index (χ0) is 14.9. The van der Waals surface area contributed by atoms with Crippen LogP contribution in [-0.4, -0.2) is 15.5 Å². The van der Waals surface area contributed by atoms with E-state index in [1.165, 1.54) is 19.1 Å². The van der Waals surface area contributed by atoms with Crippen molar-refractivity contribution in [2.75, 3.05) is 0 Å². The lowest BCUT2D eigenvalue weighted by atomic mass is 10.1. The number of pyridine rings is 1. The number of carbonyl (C=O) groups excluding carboxylic acids is 1. The SMILES string of the molecule is CC(=O)c1cccc(-n2c(O)c(C#N)c(C)cc2=O)c1. The monoisotopic (exact) mass is 268 g/mol. The fourth-order valence-corrected chi connectivity index (χ4v) is 1.97. The standard InChI is InChI=1S/C15H12N2O3/c1-9-6-14(19)17(15(20)13(9)8-16)12-5-3-4-11(7-12)10(2)18/h3-7,20H,1-2H3. The number of Topliss-reactive ketones (excluding diaryl/α,β-unsaturated/α-hetero) is 1. The second-order valence-corrected chi connectivity index (χ2v) is 4.42. The van der Waals surface area contributed by atoms with Gasteiger partial charge in [-0.15, -0.1) is 0 Å². The van der Waals surface area contributed by atoms with Crippen LogP contribution >= 0.6 is 0 Å². The molecule has 0 radical (unpaired) electrons. The minimum Gasteiger partial charge on any atom is -0.493 e. The summed E-state index contributed by atoms with van der Waals surface area (Å²) in [5.74, 6) is -0.565. The maximum absolute atomic E-state index is 12.0. The van der Waals surface area contributed by atoms with Crippen LogP contribution in [0.5, 0.6) is 5.88 Å². The van der Waals surface area contributed by atoms with Crippen LogP contribution in [0.15, 0.2) is 35.1 Å². The van der Waals surface area contributed by atoms with Crippen molar-refractivity contribution in [2.24, 2.45) is 0 Å². The first kappa shape index (κ1) is 13.6. The molecule has 0 saturated heterocycles. The fraction of sp³-hybridized carbons (Fsp3) is 0.133. The van der Waals surface area contributed by atoms with Gasteiger partial charge in [-0.2, -0.15) is 5.26 Å². The van der Waals surface area contributed by atoms with Crippen molar-refractivity contribution in [2.45, 2.75) is 13.8 Å². The van der Waals surface area contributed by atoms with Gasteiger partial charge < -0.3 is 5.11 Å². The van der Waals surface area contributed by atoms with Gasteiger partial charge in [0, 0.05) is 11.6 Å². The Morgan fingerprint density at radius 1 is 1.35 bits per heavy atom. The number of aromatic hydroxyl groups is 1. The second kappa shape index (κ2) is 5.02. The molecule has 0 amide bonds. The largest absolute Gasteiger partial charge is 0.493 e. The lowest BCUT2D eigenvalue weighted by Crippen LogP contribution is -2.19. The summed E-state index contributed by atoms with van der Waals surface area (Å²) in [5, 5.41) is 19.1. The Kier molecular flexibility index (Phi) is 3.40. The van der Waals surface area contributed by atoms with E-state index >= 15 is 0 Å². The molecule has 0 fully saturated rings. The molecule has 0 bridgehead atoms. The quantitative estimate of drug-likeness (QED) is 0.843. The Balaban J connectivity index is 2.77. The zero-order valence-electron chi connectivity index (χ0n) is 11.0. The average Bonchev–Trinajstić information content (AvgIpc) is 2.39. The van der Waals surface area contributed by atoms with Gasteiger partial charge in [0.25, 0.3) is 5.56 Å². The molecule has 0 atom stereocenters. The molecular formula is C15H12N2O3. The van der Waals surface area contributed by atoms with Gasteiger partial charge in [-0.3, -0.25) is 9.59 Å². The van der Waals surface area contributed by atoms with Gasteiger partial charge in [0.05, 0.1) is 5.69 Å². The number of carbonyl (C=O) groups is 1. The van der Waals surface area contributed by atoms with E-state index in [9.17, 15) is 14.7 Å². The Morgan fingerprint density at radius 3 is 2.65 bits per heavy atom. The summed E-state index contributed by atoms with van der Waals surface area (Å²) in [4.78, 5) is 23.4. The van der Waals surface area contributed by atoms with E-state index in [1.807, 2.05) is 6.07 Å². The lowest BCUT2D eigenvalue weighted by Gasteiger charge is -2.11. The summed E-state index contributed by atoms with van der Waals surface area (Å²) in [6.07, 6.45) is 0. The molecule has 0 unspecified atom stereocenters. The van der Waals surface area contributed by atoms with Crippen LogP contribution in [0, 0.1) is 18.3 Å². The molecule has 20 heavy (non-hydrogen) atoms. The molecule has 0 spiro atoms. The van der Waals surface area contributed by atoms with Gasteiger partial charge in [0.1, 0.15) is 11.6 Å². The van der Waals surface area contributed by atoms with Crippen LogP contribution in [0.2, 0.25) is 0 Å². The van der Waals surface area contributed by atoms with Crippen LogP contribution < -0.4 is 5.56 Å². The van der Waals surface area contributed by atoms with Crippen LogP contribution in [0.25, 0.3) is 5.69 Å². The second-order valence-electron chi connectivity index (χ2n) is 4.42. The number of nitriles is 1. The molecule has 100 valence electrons. The molecule has 2 rings (SSSR count). The minimum atomic E-state index is -0.459. The Hall–Kier alpha value is -2.87. The Morgan fingerprint density at radius 2 is 2.05 bits per heavy atom. The first-order chi connectivity index (χ1) is 9.45. The zero-order valence-corrected chi connectivity index (χ0v) is 11.0. The van der Waals surface area contributed by atoms with Crippen molar-refractivity contribution < 1.29 is 9.90 Å². The number of aromatic nitrogens is 1. The smallest absolute Gasteiger partial charge is 0.258 e. The molecule has 2 aromatic rings. The molecule has 1 N–H and O–H groups in total. The highest BCUT2D eigenvalue weighted by atomic mass is 16.3. The summed E-state index contributed by atoms with van der Waals surface area (Å²) >= 11 is 0. The van der Waals surface area contributed by atoms with Crippen molar-refractivity contribution in [1.82, 2.24) is 4.57 Å². The first-order valence-corrected chi connectivity index (χ1v) is 5.92. The molecule has 1 heterocycles. The molecular weight excluding hydrogens is 256 g/mol. The van der Waals surface area contributed by atoms with Crippen molar-refractivity contribution in [3.8, 4) is 17.6 Å². The van der Waals surface area contributed by atoms with E-state index in [-0.39, 0.29) is 11.3 Å². The van der Waals surface area contributed by atoms with Crippen LogP contribution in [0.1, 0.15) is 28.4 Å². The van der Waals surface area contributed by atoms with Gasteiger partial charge >= 0.3 is 0 Å². The molecule has 0 aliphatic heterocycles. The molecule has 0 saturated carbocycles. The highest BCUT2D eigenvalue weighted by Crippen LogP contribution is 2.22. The summed E-state index contributed by atoms with van der Waals surface area (Å²) in [6, 6.07) is 9.46. The highest BCUT2D eigenvalue weighted by molar-refractivity contribution is 5.94. The number of hydrogen-bond acceptors (Lipinski definition) is 4. The molecule has 0 aliphatic rings. The number of ketones is 1. The van der Waals surface area contributed by atoms with Crippen LogP contribution in [0.4, 0.5) is 0 Å². The topological polar surface area (TPSA) is 83.1 Å². The average molecular weight is 268 g/mol. The molecule has 0 aliphatic carbocycles.